The fourth-order valence-electron chi connectivity index (χ4n) is 1.89. The first-order valence-corrected chi connectivity index (χ1v) is 6.11. The van der Waals surface area contributed by atoms with Gasteiger partial charge in [0.1, 0.15) is 18.2 Å². The molecule has 3 aromatic rings. The Labute approximate surface area is 115 Å². The number of hydrogen-bond acceptors (Lipinski definition) is 5. The zero-order chi connectivity index (χ0) is 13.9. The molecule has 0 atom stereocenters. The lowest BCUT2D eigenvalue weighted by Gasteiger charge is -2.06. The summed E-state index contributed by atoms with van der Waals surface area (Å²) in [6.07, 6.45) is 1.73. The van der Waals surface area contributed by atoms with E-state index in [0.29, 0.717) is 18.3 Å². The second kappa shape index (κ2) is 5.08. The van der Waals surface area contributed by atoms with Crippen LogP contribution in [-0.2, 0) is 6.61 Å². The van der Waals surface area contributed by atoms with Gasteiger partial charge in [0.2, 0.25) is 5.88 Å². The first-order valence-electron chi connectivity index (χ1n) is 6.11. The molecule has 102 valence electrons. The molecule has 6 heteroatoms. The molecule has 20 heavy (non-hydrogen) atoms. The van der Waals surface area contributed by atoms with Crippen LogP contribution in [0.2, 0.25) is 0 Å². The third-order valence-electron chi connectivity index (χ3n) is 2.97. The van der Waals surface area contributed by atoms with Crippen LogP contribution >= 0.6 is 0 Å². The molecular weight excluding hydrogens is 256 g/mol. The zero-order valence-corrected chi connectivity index (χ0v) is 11.0. The van der Waals surface area contributed by atoms with Crippen molar-refractivity contribution in [1.82, 2.24) is 15.2 Å². The van der Waals surface area contributed by atoms with Crippen molar-refractivity contribution in [3.8, 4) is 11.6 Å². The van der Waals surface area contributed by atoms with E-state index in [1.54, 1.807) is 19.4 Å². The SMILES string of the molecule is COc1ccc(COc2ccc3c(N)[nH]nc3c2)cn1. The number of fused-ring (bicyclic) bond motifs is 1. The van der Waals surface area contributed by atoms with Gasteiger partial charge in [-0.2, -0.15) is 5.10 Å². The summed E-state index contributed by atoms with van der Waals surface area (Å²) < 4.78 is 10.7. The molecule has 0 aliphatic carbocycles. The minimum Gasteiger partial charge on any atom is -0.489 e. The first-order chi connectivity index (χ1) is 9.76. The molecule has 0 aliphatic rings. The number of nitrogens with zero attached hydrogens (tertiary/aromatic N) is 2. The van der Waals surface area contributed by atoms with E-state index in [1.165, 1.54) is 0 Å². The minimum absolute atomic E-state index is 0.433. The van der Waals surface area contributed by atoms with Gasteiger partial charge in [-0.05, 0) is 18.2 Å². The van der Waals surface area contributed by atoms with Crippen molar-refractivity contribution < 1.29 is 9.47 Å². The summed E-state index contributed by atoms with van der Waals surface area (Å²) in [5.41, 5.74) is 7.49. The maximum atomic E-state index is 5.74. The normalized spacial score (nSPS) is 10.7. The third-order valence-corrected chi connectivity index (χ3v) is 2.97. The van der Waals surface area contributed by atoms with E-state index in [9.17, 15) is 0 Å². The van der Waals surface area contributed by atoms with Gasteiger partial charge in [0.05, 0.1) is 12.6 Å². The molecule has 0 unspecified atom stereocenters. The summed E-state index contributed by atoms with van der Waals surface area (Å²) >= 11 is 0. The smallest absolute Gasteiger partial charge is 0.212 e. The molecule has 0 aliphatic heterocycles. The van der Waals surface area contributed by atoms with Gasteiger partial charge in [0.15, 0.2) is 0 Å². The molecule has 0 saturated carbocycles. The molecule has 0 radical (unpaired) electrons. The van der Waals surface area contributed by atoms with Gasteiger partial charge in [-0.15, -0.1) is 0 Å². The Morgan fingerprint density at radius 1 is 1.25 bits per heavy atom. The van der Waals surface area contributed by atoms with Crippen molar-refractivity contribution in [3.63, 3.8) is 0 Å². The predicted octanol–water partition coefficient (Wildman–Crippen LogP) is 2.13. The highest BCUT2D eigenvalue weighted by molar-refractivity contribution is 5.89. The van der Waals surface area contributed by atoms with Gasteiger partial charge < -0.3 is 15.2 Å². The Bertz CT molecular complexity index is 722. The van der Waals surface area contributed by atoms with E-state index in [0.717, 1.165) is 22.2 Å². The number of hydrogen-bond donors (Lipinski definition) is 2. The number of rotatable bonds is 4. The Morgan fingerprint density at radius 3 is 2.90 bits per heavy atom. The Morgan fingerprint density at radius 2 is 2.15 bits per heavy atom. The molecule has 0 spiro atoms. The average Bonchev–Trinajstić information content (AvgIpc) is 2.87. The monoisotopic (exact) mass is 270 g/mol. The number of aromatic amines is 1. The van der Waals surface area contributed by atoms with Crippen LogP contribution in [0.15, 0.2) is 36.5 Å². The van der Waals surface area contributed by atoms with Crippen LogP contribution in [0.4, 0.5) is 5.82 Å². The molecule has 2 aromatic heterocycles. The van der Waals surface area contributed by atoms with E-state index in [2.05, 4.69) is 15.2 Å². The summed E-state index contributed by atoms with van der Waals surface area (Å²) in [6.45, 7) is 0.433. The summed E-state index contributed by atoms with van der Waals surface area (Å²) in [7, 11) is 1.59. The van der Waals surface area contributed by atoms with Crippen LogP contribution in [0, 0.1) is 0 Å². The lowest BCUT2D eigenvalue weighted by Crippen LogP contribution is -1.97. The fourth-order valence-corrected chi connectivity index (χ4v) is 1.89. The lowest BCUT2D eigenvalue weighted by molar-refractivity contribution is 0.305. The van der Waals surface area contributed by atoms with E-state index >= 15 is 0 Å². The van der Waals surface area contributed by atoms with Gasteiger partial charge in [-0.1, -0.05) is 0 Å². The fraction of sp³-hybridized carbons (Fsp3) is 0.143. The first kappa shape index (κ1) is 12.3. The van der Waals surface area contributed by atoms with Crippen molar-refractivity contribution in [2.24, 2.45) is 0 Å². The number of nitrogen functional groups attached to an aromatic ring is 1. The van der Waals surface area contributed by atoms with Crippen molar-refractivity contribution in [3.05, 3.63) is 42.1 Å². The minimum atomic E-state index is 0.433. The topological polar surface area (TPSA) is 86.0 Å². The summed E-state index contributed by atoms with van der Waals surface area (Å²) in [5.74, 6) is 1.88. The molecule has 0 amide bonds. The predicted molar refractivity (Wildman–Crippen MR) is 75.6 cm³/mol. The highest BCUT2D eigenvalue weighted by Crippen LogP contribution is 2.23. The molecule has 6 nitrogen and oxygen atoms in total. The van der Waals surface area contributed by atoms with Crippen LogP contribution in [0.1, 0.15) is 5.56 Å². The maximum absolute atomic E-state index is 5.74. The van der Waals surface area contributed by atoms with E-state index < -0.39 is 0 Å². The number of ether oxygens (including phenoxy) is 2. The number of H-pyrrole nitrogens is 1. The molecule has 2 heterocycles. The number of anilines is 1. The van der Waals surface area contributed by atoms with Crippen molar-refractivity contribution in [2.45, 2.75) is 6.61 Å². The van der Waals surface area contributed by atoms with Crippen molar-refractivity contribution in [1.29, 1.82) is 0 Å². The van der Waals surface area contributed by atoms with Gasteiger partial charge in [0, 0.05) is 29.3 Å². The highest BCUT2D eigenvalue weighted by Gasteiger charge is 2.04. The summed E-state index contributed by atoms with van der Waals surface area (Å²) in [6, 6.07) is 9.31. The number of aromatic nitrogens is 3. The quantitative estimate of drug-likeness (QED) is 0.758. The Hall–Kier alpha value is -2.76. The largest absolute Gasteiger partial charge is 0.489 e. The van der Waals surface area contributed by atoms with E-state index in [1.807, 2.05) is 24.3 Å². The molecule has 3 rings (SSSR count). The molecular formula is C14H14N4O2. The molecule has 0 bridgehead atoms. The zero-order valence-electron chi connectivity index (χ0n) is 11.0. The van der Waals surface area contributed by atoms with Gasteiger partial charge in [-0.25, -0.2) is 4.98 Å². The van der Waals surface area contributed by atoms with E-state index in [4.69, 9.17) is 15.2 Å². The average molecular weight is 270 g/mol. The third kappa shape index (κ3) is 2.35. The summed E-state index contributed by atoms with van der Waals surface area (Å²) in [4.78, 5) is 4.13. The molecule has 0 saturated heterocycles. The number of nitrogens with one attached hydrogen (secondary N) is 1. The van der Waals surface area contributed by atoms with Crippen LogP contribution in [0.25, 0.3) is 10.9 Å². The summed E-state index contributed by atoms with van der Waals surface area (Å²) in [5, 5.41) is 7.73. The second-order valence-electron chi connectivity index (χ2n) is 4.31. The van der Waals surface area contributed by atoms with Crippen molar-refractivity contribution >= 4 is 16.7 Å². The second-order valence-corrected chi connectivity index (χ2v) is 4.31. The number of nitrogens with two attached hydrogens (primary N) is 1. The van der Waals surface area contributed by atoms with Gasteiger partial charge >= 0.3 is 0 Å². The van der Waals surface area contributed by atoms with E-state index in [-0.39, 0.29) is 0 Å². The van der Waals surface area contributed by atoms with Crippen LogP contribution < -0.4 is 15.2 Å². The number of pyridine rings is 1. The maximum Gasteiger partial charge on any atom is 0.212 e. The Balaban J connectivity index is 1.72. The standard InChI is InChI=1S/C14H14N4O2/c1-19-13-5-2-9(7-16-13)8-20-10-3-4-11-12(6-10)17-18-14(11)15/h2-7H,8H2,1H3,(H3,15,17,18). The Kier molecular flexibility index (Phi) is 3.12. The van der Waals surface area contributed by atoms with Crippen LogP contribution in [0.5, 0.6) is 11.6 Å². The molecule has 3 N–H and O–H groups in total. The van der Waals surface area contributed by atoms with Crippen LogP contribution in [0.3, 0.4) is 0 Å². The van der Waals surface area contributed by atoms with Crippen LogP contribution in [-0.4, -0.2) is 22.3 Å². The van der Waals surface area contributed by atoms with Gasteiger partial charge in [-0.3, -0.25) is 5.10 Å². The van der Waals surface area contributed by atoms with Crippen molar-refractivity contribution in [2.75, 3.05) is 12.8 Å². The number of methoxy groups -OCH3 is 1. The number of benzene rings is 1. The molecule has 1 aromatic carbocycles. The van der Waals surface area contributed by atoms with Gasteiger partial charge in [0.25, 0.3) is 0 Å². The highest BCUT2D eigenvalue weighted by atomic mass is 16.5. The molecule has 0 fully saturated rings. The lowest BCUT2D eigenvalue weighted by atomic mass is 10.2.